The molecule has 33 heavy (non-hydrogen) atoms. The van der Waals surface area contributed by atoms with Crippen LogP contribution in [0.15, 0.2) is 65.6 Å². The molecule has 0 aliphatic carbocycles. The number of nitrogens with zero attached hydrogens (tertiary/aromatic N) is 3. The van der Waals surface area contributed by atoms with Crippen LogP contribution in [0, 0.1) is 0 Å². The van der Waals surface area contributed by atoms with Crippen LogP contribution in [-0.4, -0.2) is 37.0 Å². The minimum absolute atomic E-state index is 0.0373. The second kappa shape index (κ2) is 9.14. The SMILES string of the molecule is Nc1nc2ncc(CNc3ccc(C(=O)O[C@H](C(=O)O)c4ccccc4)cc3)nc2c(=O)[nH]1. The Balaban J connectivity index is 1.42. The Kier molecular flexibility index (Phi) is 5.94. The van der Waals surface area contributed by atoms with Crippen molar-refractivity contribution in [2.45, 2.75) is 12.6 Å². The van der Waals surface area contributed by atoms with E-state index in [2.05, 4.69) is 25.3 Å². The van der Waals surface area contributed by atoms with Crippen LogP contribution in [0.5, 0.6) is 0 Å². The zero-order valence-corrected chi connectivity index (χ0v) is 17.1. The Hall–Kier alpha value is -4.80. The molecule has 2 heterocycles. The fraction of sp³-hybridized carbons (Fsp3) is 0.0909. The first-order valence-electron chi connectivity index (χ1n) is 9.75. The van der Waals surface area contributed by atoms with Crippen LogP contribution in [0.25, 0.3) is 11.2 Å². The molecule has 0 amide bonds. The summed E-state index contributed by atoms with van der Waals surface area (Å²) in [6.07, 6.45) is 0.0683. The lowest BCUT2D eigenvalue weighted by Crippen LogP contribution is -2.19. The zero-order valence-electron chi connectivity index (χ0n) is 17.1. The number of fused-ring (bicyclic) bond motifs is 1. The highest BCUT2D eigenvalue weighted by Crippen LogP contribution is 2.20. The molecular weight excluding hydrogens is 428 g/mol. The monoisotopic (exact) mass is 446 g/mol. The van der Waals surface area contributed by atoms with Gasteiger partial charge in [0.1, 0.15) is 0 Å². The number of nitrogens with two attached hydrogens (primary N) is 1. The summed E-state index contributed by atoms with van der Waals surface area (Å²) in [6.45, 7) is 0.256. The lowest BCUT2D eigenvalue weighted by Gasteiger charge is -2.14. The number of aromatic nitrogens is 4. The largest absolute Gasteiger partial charge is 0.478 e. The number of ether oxygens (including phenoxy) is 1. The summed E-state index contributed by atoms with van der Waals surface area (Å²) < 4.78 is 5.19. The maximum atomic E-state index is 12.4. The lowest BCUT2D eigenvalue weighted by atomic mass is 10.1. The zero-order chi connectivity index (χ0) is 23.4. The molecule has 0 saturated heterocycles. The van der Waals surface area contributed by atoms with Crippen LogP contribution >= 0.6 is 0 Å². The number of nitrogen functional groups attached to an aromatic ring is 1. The Morgan fingerprint density at radius 2 is 1.82 bits per heavy atom. The molecule has 0 radical (unpaired) electrons. The van der Waals surface area contributed by atoms with Gasteiger partial charge in [-0.3, -0.25) is 9.78 Å². The molecule has 2 aromatic heterocycles. The number of rotatable bonds is 7. The normalized spacial score (nSPS) is 11.6. The van der Waals surface area contributed by atoms with Crippen molar-refractivity contribution >= 4 is 34.7 Å². The van der Waals surface area contributed by atoms with E-state index in [1.807, 2.05) is 0 Å². The molecule has 4 aromatic rings. The highest BCUT2D eigenvalue weighted by molar-refractivity contribution is 5.91. The number of hydrogen-bond donors (Lipinski definition) is 4. The molecule has 0 fully saturated rings. The van der Waals surface area contributed by atoms with Gasteiger partial charge in [0, 0.05) is 11.3 Å². The number of anilines is 2. The van der Waals surface area contributed by atoms with E-state index in [0.717, 1.165) is 0 Å². The molecule has 0 saturated carbocycles. The standard InChI is InChI=1S/C22H18N6O5/c23-22-27-18-16(19(29)28-22)26-15(11-25-18)10-24-14-8-6-13(7-9-14)21(32)33-17(20(30)31)12-4-2-1-3-5-12/h1-9,11,17,24H,10H2,(H,30,31)(H3,23,25,27,28,29)/t17-/m0/s1. The third-order valence-corrected chi connectivity index (χ3v) is 4.63. The van der Waals surface area contributed by atoms with Gasteiger partial charge in [0.25, 0.3) is 5.56 Å². The quantitative estimate of drug-likeness (QED) is 0.307. The molecule has 4 rings (SSSR count). The van der Waals surface area contributed by atoms with Crippen molar-refractivity contribution in [2.24, 2.45) is 0 Å². The van der Waals surface area contributed by atoms with Gasteiger partial charge in [-0.1, -0.05) is 30.3 Å². The van der Waals surface area contributed by atoms with Crippen molar-refractivity contribution in [2.75, 3.05) is 11.1 Å². The van der Waals surface area contributed by atoms with Gasteiger partial charge in [-0.2, -0.15) is 4.98 Å². The highest BCUT2D eigenvalue weighted by atomic mass is 16.6. The number of hydrogen-bond acceptors (Lipinski definition) is 9. The van der Waals surface area contributed by atoms with Gasteiger partial charge in [-0.15, -0.1) is 0 Å². The fourth-order valence-corrected chi connectivity index (χ4v) is 3.04. The van der Waals surface area contributed by atoms with Crippen molar-refractivity contribution in [3.05, 3.63) is 88.0 Å². The first kappa shape index (κ1) is 21.4. The Morgan fingerprint density at radius 1 is 1.09 bits per heavy atom. The van der Waals surface area contributed by atoms with E-state index in [4.69, 9.17) is 10.5 Å². The summed E-state index contributed by atoms with van der Waals surface area (Å²) in [7, 11) is 0. The van der Waals surface area contributed by atoms with Crippen LogP contribution in [0.4, 0.5) is 11.6 Å². The molecule has 11 heteroatoms. The molecule has 0 bridgehead atoms. The summed E-state index contributed by atoms with van der Waals surface area (Å²) in [5, 5.41) is 12.5. The number of carbonyl (C=O) groups excluding carboxylic acids is 1. The van der Waals surface area contributed by atoms with Crippen molar-refractivity contribution < 1.29 is 19.4 Å². The molecule has 166 valence electrons. The maximum Gasteiger partial charge on any atom is 0.349 e. The molecule has 5 N–H and O–H groups in total. The minimum Gasteiger partial charge on any atom is -0.478 e. The lowest BCUT2D eigenvalue weighted by molar-refractivity contribution is -0.147. The van der Waals surface area contributed by atoms with Crippen LogP contribution in [0.1, 0.15) is 27.7 Å². The van der Waals surface area contributed by atoms with Crippen LogP contribution in [0.3, 0.4) is 0 Å². The molecule has 0 unspecified atom stereocenters. The number of aliphatic carboxylic acids is 1. The van der Waals surface area contributed by atoms with Gasteiger partial charge >= 0.3 is 11.9 Å². The van der Waals surface area contributed by atoms with E-state index in [0.29, 0.717) is 16.9 Å². The number of benzene rings is 2. The Bertz CT molecular complexity index is 1370. The second-order valence-corrected chi connectivity index (χ2v) is 6.95. The van der Waals surface area contributed by atoms with E-state index in [1.54, 1.807) is 42.5 Å². The first-order chi connectivity index (χ1) is 15.9. The van der Waals surface area contributed by atoms with Gasteiger partial charge < -0.3 is 20.9 Å². The Morgan fingerprint density at radius 3 is 2.52 bits per heavy atom. The van der Waals surface area contributed by atoms with Gasteiger partial charge in [0.2, 0.25) is 12.1 Å². The van der Waals surface area contributed by atoms with E-state index in [-0.39, 0.29) is 29.2 Å². The van der Waals surface area contributed by atoms with Crippen molar-refractivity contribution in [1.82, 2.24) is 19.9 Å². The topological polar surface area (TPSA) is 173 Å². The average molecular weight is 446 g/mol. The van der Waals surface area contributed by atoms with Gasteiger partial charge in [0.05, 0.1) is 24.0 Å². The molecular formula is C22H18N6O5. The van der Waals surface area contributed by atoms with E-state index < -0.39 is 23.6 Å². The van der Waals surface area contributed by atoms with E-state index >= 15 is 0 Å². The van der Waals surface area contributed by atoms with Crippen molar-refractivity contribution in [3.63, 3.8) is 0 Å². The van der Waals surface area contributed by atoms with Crippen LogP contribution in [-0.2, 0) is 16.1 Å². The second-order valence-electron chi connectivity index (χ2n) is 6.95. The minimum atomic E-state index is -1.41. The average Bonchev–Trinajstić information content (AvgIpc) is 2.82. The first-order valence-corrected chi connectivity index (χ1v) is 9.75. The van der Waals surface area contributed by atoms with Crippen LogP contribution in [0.2, 0.25) is 0 Å². The smallest absolute Gasteiger partial charge is 0.349 e. The molecule has 0 aliphatic heterocycles. The van der Waals surface area contributed by atoms with Gasteiger partial charge in [-0.05, 0) is 24.3 Å². The maximum absolute atomic E-state index is 12.4. The van der Waals surface area contributed by atoms with Crippen molar-refractivity contribution in [3.8, 4) is 0 Å². The van der Waals surface area contributed by atoms with Crippen LogP contribution < -0.4 is 16.6 Å². The predicted octanol–water partition coefficient (Wildman–Crippen LogP) is 1.89. The third kappa shape index (κ3) is 4.93. The summed E-state index contributed by atoms with van der Waals surface area (Å²) >= 11 is 0. The number of nitrogens with one attached hydrogen (secondary N) is 2. The number of esters is 1. The number of carboxylic acid groups (broad SMARTS) is 1. The molecule has 0 aliphatic rings. The Labute approximate surface area is 186 Å². The fourth-order valence-electron chi connectivity index (χ4n) is 3.04. The number of carbonyl (C=O) groups is 2. The van der Waals surface area contributed by atoms with E-state index in [9.17, 15) is 19.5 Å². The summed E-state index contributed by atoms with van der Waals surface area (Å²) in [5.74, 6) is -2.06. The molecule has 2 aromatic carbocycles. The predicted molar refractivity (Wildman–Crippen MR) is 118 cm³/mol. The van der Waals surface area contributed by atoms with Gasteiger partial charge in [0.15, 0.2) is 11.2 Å². The summed E-state index contributed by atoms with van der Waals surface area (Å²) in [5.41, 5.74) is 6.96. The molecule has 1 atom stereocenters. The third-order valence-electron chi connectivity index (χ3n) is 4.63. The van der Waals surface area contributed by atoms with Gasteiger partial charge in [-0.25, -0.2) is 19.6 Å². The van der Waals surface area contributed by atoms with Crippen molar-refractivity contribution in [1.29, 1.82) is 0 Å². The molecule has 11 nitrogen and oxygen atoms in total. The van der Waals surface area contributed by atoms with E-state index in [1.165, 1.54) is 18.3 Å². The molecule has 0 spiro atoms. The number of carboxylic acids is 1. The highest BCUT2D eigenvalue weighted by Gasteiger charge is 2.24. The summed E-state index contributed by atoms with van der Waals surface area (Å²) in [4.78, 5) is 50.5. The number of H-pyrrole nitrogens is 1. The number of aromatic amines is 1. The summed E-state index contributed by atoms with van der Waals surface area (Å²) in [6, 6.07) is 14.5.